The Morgan fingerprint density at radius 3 is 2.67 bits per heavy atom. The second-order valence-corrected chi connectivity index (χ2v) is 6.52. The molecule has 0 aliphatic rings. The predicted molar refractivity (Wildman–Crippen MR) is 90.9 cm³/mol. The van der Waals surface area contributed by atoms with Crippen LogP contribution in [-0.4, -0.2) is 15.7 Å². The average molecular weight is 363 g/mol. The molecule has 0 aliphatic heterocycles. The van der Waals surface area contributed by atoms with Crippen LogP contribution in [0, 0.1) is 0 Å². The highest BCUT2D eigenvalue weighted by molar-refractivity contribution is 9.10. The summed E-state index contributed by atoms with van der Waals surface area (Å²) in [6.07, 6.45) is 1.24. The fraction of sp³-hybridized carbons (Fsp3) is 0.250. The number of aromatic nitrogens is 2. The van der Waals surface area contributed by atoms with Crippen LogP contribution < -0.4 is 4.74 Å². The third-order valence-electron chi connectivity index (χ3n) is 3.43. The average Bonchev–Trinajstić information content (AvgIpc) is 2.99. The van der Waals surface area contributed by atoms with Gasteiger partial charge in [0.05, 0.1) is 10.8 Å². The minimum Gasteiger partial charge on any atom is -0.491 e. The Balaban J connectivity index is 1.96. The smallest absolute Gasteiger partial charge is 0.120 e. The number of hydrogen-bond acceptors (Lipinski definition) is 4. The minimum atomic E-state index is 0.237. The Morgan fingerprint density at radius 2 is 1.95 bits per heavy atom. The molecule has 0 spiro atoms. The second-order valence-electron chi connectivity index (χ2n) is 4.91. The largest absolute Gasteiger partial charge is 0.491 e. The Bertz CT molecular complexity index is 755. The predicted octanol–water partition coefficient (Wildman–Crippen LogP) is 5.30. The van der Waals surface area contributed by atoms with Crippen molar-refractivity contribution >= 4 is 37.7 Å². The molecular weight excluding hydrogens is 348 g/mol. The lowest BCUT2D eigenvalue weighted by Crippen LogP contribution is -2.09. The molecule has 1 heterocycles. The van der Waals surface area contributed by atoms with Crippen LogP contribution in [-0.2, 0) is 0 Å². The molecule has 1 unspecified atom stereocenters. The fourth-order valence-electron chi connectivity index (χ4n) is 2.09. The minimum absolute atomic E-state index is 0.237. The van der Waals surface area contributed by atoms with E-state index in [0.717, 1.165) is 38.0 Å². The molecular formula is C16H15BrN2OS. The van der Waals surface area contributed by atoms with E-state index in [2.05, 4.69) is 57.6 Å². The van der Waals surface area contributed by atoms with Crippen LogP contribution in [0.4, 0.5) is 0 Å². The van der Waals surface area contributed by atoms with Crippen LogP contribution in [0.25, 0.3) is 21.3 Å². The van der Waals surface area contributed by atoms with Crippen molar-refractivity contribution in [2.24, 2.45) is 0 Å². The van der Waals surface area contributed by atoms with E-state index in [-0.39, 0.29) is 6.10 Å². The molecule has 3 rings (SSSR count). The Morgan fingerprint density at radius 1 is 1.19 bits per heavy atom. The summed E-state index contributed by atoms with van der Waals surface area (Å²) >= 11 is 4.93. The van der Waals surface area contributed by atoms with E-state index in [0.29, 0.717) is 0 Å². The molecule has 0 saturated carbocycles. The lowest BCUT2D eigenvalue weighted by atomic mass is 10.1. The maximum atomic E-state index is 5.82. The van der Waals surface area contributed by atoms with E-state index in [1.807, 2.05) is 18.2 Å². The van der Waals surface area contributed by atoms with Crippen LogP contribution >= 0.6 is 27.5 Å². The quantitative estimate of drug-likeness (QED) is 0.631. The molecule has 0 radical (unpaired) electrons. The topological polar surface area (TPSA) is 35.0 Å². The molecule has 0 N–H and O–H groups in total. The zero-order valence-corrected chi connectivity index (χ0v) is 14.2. The normalized spacial score (nSPS) is 12.5. The van der Waals surface area contributed by atoms with E-state index in [1.54, 1.807) is 0 Å². The van der Waals surface area contributed by atoms with E-state index in [4.69, 9.17) is 4.74 Å². The molecule has 0 saturated heterocycles. The van der Waals surface area contributed by atoms with Gasteiger partial charge in [-0.05, 0) is 64.6 Å². The zero-order valence-electron chi connectivity index (χ0n) is 11.8. The summed E-state index contributed by atoms with van der Waals surface area (Å²) in [6, 6.07) is 12.3. The third-order valence-corrected chi connectivity index (χ3v) is 4.83. The van der Waals surface area contributed by atoms with E-state index < -0.39 is 0 Å². The van der Waals surface area contributed by atoms with E-state index >= 15 is 0 Å². The van der Waals surface area contributed by atoms with Gasteiger partial charge in [0.25, 0.3) is 0 Å². The van der Waals surface area contributed by atoms with Gasteiger partial charge in [0, 0.05) is 10.0 Å². The van der Waals surface area contributed by atoms with Gasteiger partial charge in [-0.2, -0.15) is 0 Å². The molecule has 3 aromatic rings. The maximum Gasteiger partial charge on any atom is 0.120 e. The molecule has 0 fully saturated rings. The number of hydrogen-bond donors (Lipinski definition) is 0. The first-order valence-electron chi connectivity index (χ1n) is 6.86. The van der Waals surface area contributed by atoms with Crippen molar-refractivity contribution < 1.29 is 4.74 Å². The highest BCUT2D eigenvalue weighted by Gasteiger charge is 2.10. The summed E-state index contributed by atoms with van der Waals surface area (Å²) in [4.78, 5) is 0. The first-order valence-corrected chi connectivity index (χ1v) is 8.43. The van der Waals surface area contributed by atoms with Gasteiger partial charge in [0.2, 0.25) is 0 Å². The number of ether oxygens (including phenoxy) is 1. The van der Waals surface area contributed by atoms with Crippen LogP contribution in [0.3, 0.4) is 0 Å². The van der Waals surface area contributed by atoms with Crippen molar-refractivity contribution in [3.63, 3.8) is 0 Å². The summed E-state index contributed by atoms with van der Waals surface area (Å²) in [6.45, 7) is 4.20. The van der Waals surface area contributed by atoms with Crippen LogP contribution in [0.2, 0.25) is 0 Å². The van der Waals surface area contributed by atoms with Gasteiger partial charge in [-0.15, -0.1) is 5.10 Å². The first kappa shape index (κ1) is 14.5. The lowest BCUT2D eigenvalue weighted by Gasteiger charge is -2.13. The Kier molecular flexibility index (Phi) is 4.22. The van der Waals surface area contributed by atoms with Gasteiger partial charge < -0.3 is 4.74 Å². The van der Waals surface area contributed by atoms with Gasteiger partial charge in [-0.3, -0.25) is 0 Å². The number of benzene rings is 2. The Labute approximate surface area is 136 Å². The third kappa shape index (κ3) is 2.94. The lowest BCUT2D eigenvalue weighted by molar-refractivity contribution is 0.217. The van der Waals surface area contributed by atoms with Crippen LogP contribution in [0.1, 0.15) is 20.3 Å². The first-order chi connectivity index (χ1) is 10.2. The number of nitrogens with zero attached hydrogens (tertiary/aromatic N) is 2. The maximum absolute atomic E-state index is 5.82. The molecule has 0 amide bonds. The summed E-state index contributed by atoms with van der Waals surface area (Å²) < 4.78 is 11.9. The van der Waals surface area contributed by atoms with Crippen molar-refractivity contribution in [2.75, 3.05) is 0 Å². The molecule has 0 aliphatic carbocycles. The molecule has 1 aromatic heterocycles. The number of halogens is 1. The van der Waals surface area contributed by atoms with Gasteiger partial charge >= 0.3 is 0 Å². The van der Waals surface area contributed by atoms with Gasteiger partial charge in [-0.1, -0.05) is 29.6 Å². The van der Waals surface area contributed by atoms with Crippen LogP contribution in [0.5, 0.6) is 5.75 Å². The van der Waals surface area contributed by atoms with Crippen LogP contribution in [0.15, 0.2) is 40.9 Å². The summed E-state index contributed by atoms with van der Waals surface area (Å²) in [5, 5.41) is 4.17. The summed E-state index contributed by atoms with van der Waals surface area (Å²) in [7, 11) is 0. The zero-order chi connectivity index (χ0) is 14.8. The molecule has 3 nitrogen and oxygen atoms in total. The van der Waals surface area contributed by atoms with Crippen molar-refractivity contribution in [3.8, 4) is 16.9 Å². The van der Waals surface area contributed by atoms with Gasteiger partial charge in [0.15, 0.2) is 0 Å². The SMILES string of the molecule is CCC(C)Oc1ccc(-c2ccc(Br)c3nnsc23)cc1. The summed E-state index contributed by atoms with van der Waals surface area (Å²) in [5.41, 5.74) is 3.21. The summed E-state index contributed by atoms with van der Waals surface area (Å²) in [5.74, 6) is 0.906. The molecule has 2 aromatic carbocycles. The highest BCUT2D eigenvalue weighted by Crippen LogP contribution is 2.34. The molecule has 108 valence electrons. The molecule has 1 atom stereocenters. The second kappa shape index (κ2) is 6.12. The standard InChI is InChI=1S/C16H15BrN2OS/c1-3-10(2)20-12-6-4-11(5-7-12)13-8-9-14(17)15-16(13)21-19-18-15/h4-10H,3H2,1-2H3. The van der Waals surface area contributed by atoms with Crippen molar-refractivity contribution in [2.45, 2.75) is 26.4 Å². The van der Waals surface area contributed by atoms with Crippen molar-refractivity contribution in [3.05, 3.63) is 40.9 Å². The van der Waals surface area contributed by atoms with E-state index in [1.165, 1.54) is 11.5 Å². The van der Waals surface area contributed by atoms with Crippen molar-refractivity contribution in [1.29, 1.82) is 0 Å². The van der Waals surface area contributed by atoms with Gasteiger partial charge in [0.1, 0.15) is 11.3 Å². The van der Waals surface area contributed by atoms with Gasteiger partial charge in [-0.25, -0.2) is 0 Å². The number of rotatable bonds is 4. The van der Waals surface area contributed by atoms with E-state index in [9.17, 15) is 0 Å². The molecule has 0 bridgehead atoms. The number of fused-ring (bicyclic) bond motifs is 1. The molecule has 21 heavy (non-hydrogen) atoms. The molecule has 5 heteroatoms. The highest BCUT2D eigenvalue weighted by atomic mass is 79.9. The fourth-order valence-corrected chi connectivity index (χ4v) is 3.36. The van der Waals surface area contributed by atoms with Crippen molar-refractivity contribution in [1.82, 2.24) is 9.59 Å². The Hall–Kier alpha value is -1.46. The monoisotopic (exact) mass is 362 g/mol.